The van der Waals surface area contributed by atoms with Gasteiger partial charge in [0.2, 0.25) is 5.39 Å². The van der Waals surface area contributed by atoms with E-state index in [9.17, 15) is 4.79 Å². The maximum Gasteiger partial charge on any atom is 0.404 e. The van der Waals surface area contributed by atoms with Crippen molar-refractivity contribution in [3.05, 3.63) is 47.5 Å². The molecule has 0 aliphatic carbocycles. The van der Waals surface area contributed by atoms with Crippen LogP contribution in [0.1, 0.15) is 18.1 Å². The Morgan fingerprint density at radius 2 is 1.76 bits per heavy atom. The van der Waals surface area contributed by atoms with E-state index in [1.54, 1.807) is 14.0 Å². The summed E-state index contributed by atoms with van der Waals surface area (Å²) in [6, 6.07) is 12.5. The number of carbonyl (C=O) groups is 1. The highest BCUT2D eigenvalue weighted by atomic mass is 32.1. The third-order valence-electron chi connectivity index (χ3n) is 3.17. The lowest BCUT2D eigenvalue weighted by Gasteiger charge is -2.11. The van der Waals surface area contributed by atoms with Crippen LogP contribution in [0.4, 0.5) is 4.79 Å². The van der Waals surface area contributed by atoms with Crippen LogP contribution in [0.15, 0.2) is 41.3 Å². The third kappa shape index (κ3) is 7.59. The van der Waals surface area contributed by atoms with Gasteiger partial charge < -0.3 is 15.2 Å². The van der Waals surface area contributed by atoms with E-state index in [4.69, 9.17) is 15.5 Å². The molecule has 0 aliphatic rings. The van der Waals surface area contributed by atoms with Gasteiger partial charge in [0, 0.05) is 10.5 Å². The fraction of sp³-hybridized carbons (Fsp3) is 0.278. The summed E-state index contributed by atoms with van der Waals surface area (Å²) in [6.07, 6.45) is -0.711. The lowest BCUT2D eigenvalue weighted by Crippen LogP contribution is -2.11. The van der Waals surface area contributed by atoms with Crippen molar-refractivity contribution >= 4 is 18.7 Å². The van der Waals surface area contributed by atoms with Gasteiger partial charge >= 0.3 is 6.09 Å². The van der Waals surface area contributed by atoms with E-state index in [-0.39, 0.29) is 0 Å². The molecular weight excluding hydrogens is 338 g/mol. The summed E-state index contributed by atoms with van der Waals surface area (Å²) in [5.41, 5.74) is 9.24. The minimum Gasteiger partial charge on any atom is -0.496 e. The molecule has 0 saturated carbocycles. The second kappa shape index (κ2) is 11.8. The Hall–Kier alpha value is -2.72. The number of aryl methyl sites for hydroxylation is 2. The molecule has 2 aromatic carbocycles. The number of benzene rings is 2. The van der Waals surface area contributed by atoms with E-state index in [0.717, 1.165) is 21.8 Å². The normalized spacial score (nSPS) is 8.92. The number of nitrogens with two attached hydrogens (primary N) is 1. The van der Waals surface area contributed by atoms with Gasteiger partial charge in [-0.2, -0.15) is 0 Å². The summed E-state index contributed by atoms with van der Waals surface area (Å²) in [7, 11) is 1.69. The number of diazo groups is 1. The minimum absolute atomic E-state index is 0.356. The Kier molecular flexibility index (Phi) is 10.5. The highest BCUT2D eigenvalue weighted by Crippen LogP contribution is 2.33. The van der Waals surface area contributed by atoms with Gasteiger partial charge in [0.1, 0.15) is 5.75 Å². The Balaban J connectivity index is 0.000000614. The van der Waals surface area contributed by atoms with Gasteiger partial charge in [-0.1, -0.05) is 29.8 Å². The van der Waals surface area contributed by atoms with Gasteiger partial charge in [-0.3, -0.25) is 0 Å². The SMILES string of the molecule is CCOC(N)=O.COc1cc(S)c(C)cc1-c1ccc(C)cc1.N#[NH+]. The van der Waals surface area contributed by atoms with Gasteiger partial charge in [0.15, 0.2) is 0 Å². The average Bonchev–Trinajstić information content (AvgIpc) is 2.60. The summed E-state index contributed by atoms with van der Waals surface area (Å²) in [4.78, 5) is 10.6. The molecule has 2 aromatic rings. The molecule has 0 fully saturated rings. The molecule has 2 rings (SSSR count). The average molecular weight is 362 g/mol. The van der Waals surface area contributed by atoms with Crippen LogP contribution >= 0.6 is 12.6 Å². The van der Waals surface area contributed by atoms with Crippen LogP contribution < -0.4 is 15.9 Å². The predicted octanol–water partition coefficient (Wildman–Crippen LogP) is 2.65. The first-order valence-electron chi connectivity index (χ1n) is 7.48. The number of thiol groups is 1. The molecule has 0 saturated heterocycles. The van der Waals surface area contributed by atoms with Gasteiger partial charge in [0.05, 0.1) is 19.1 Å². The molecule has 6 nitrogen and oxygen atoms in total. The van der Waals surface area contributed by atoms with Crippen LogP contribution in [0.2, 0.25) is 0 Å². The molecule has 0 unspecified atom stereocenters. The molecule has 134 valence electrons. The first-order chi connectivity index (χ1) is 11.9. The summed E-state index contributed by atoms with van der Waals surface area (Å²) in [5.74, 6) is 0.865. The zero-order valence-corrected chi connectivity index (χ0v) is 15.8. The summed E-state index contributed by atoms with van der Waals surface area (Å²) in [5, 5.41) is 11.0. The van der Waals surface area contributed by atoms with Crippen LogP contribution in [0.3, 0.4) is 0 Å². The molecule has 3 N–H and O–H groups in total. The number of rotatable bonds is 3. The Morgan fingerprint density at radius 3 is 2.16 bits per heavy atom. The molecule has 7 heteroatoms. The predicted molar refractivity (Wildman–Crippen MR) is 99.1 cm³/mol. The quantitative estimate of drug-likeness (QED) is 0.576. The molecule has 0 atom stereocenters. The zero-order chi connectivity index (χ0) is 19.4. The van der Waals surface area contributed by atoms with Gasteiger partial charge in [0.25, 0.3) is 0 Å². The van der Waals surface area contributed by atoms with Crippen molar-refractivity contribution in [1.29, 1.82) is 5.39 Å². The first-order valence-corrected chi connectivity index (χ1v) is 7.93. The summed E-state index contributed by atoms with van der Waals surface area (Å²) in [6.45, 7) is 6.20. The number of nitrogens with zero attached hydrogens (tertiary/aromatic N) is 1. The van der Waals surface area contributed by atoms with Gasteiger partial charge in [-0.25, -0.2) is 4.79 Å². The number of nitrogens with one attached hydrogen (secondary N) is 1. The van der Waals surface area contributed by atoms with E-state index in [2.05, 4.69) is 67.3 Å². The van der Waals surface area contributed by atoms with E-state index in [1.807, 2.05) is 6.07 Å². The molecule has 0 bridgehead atoms. The Morgan fingerprint density at radius 1 is 1.20 bits per heavy atom. The molecule has 0 radical (unpaired) electrons. The highest BCUT2D eigenvalue weighted by Gasteiger charge is 2.08. The Bertz CT molecular complexity index is 701. The third-order valence-corrected chi connectivity index (χ3v) is 3.65. The largest absolute Gasteiger partial charge is 0.496 e. The topological polar surface area (TPSA) is 109 Å². The van der Waals surface area contributed by atoms with Crippen molar-refractivity contribution in [2.24, 2.45) is 5.73 Å². The van der Waals surface area contributed by atoms with Crippen LogP contribution in [0.25, 0.3) is 11.1 Å². The second-order valence-electron chi connectivity index (χ2n) is 4.96. The van der Waals surface area contributed by atoms with E-state index >= 15 is 0 Å². The number of amides is 1. The van der Waals surface area contributed by atoms with Gasteiger partial charge in [-0.05, 0) is 44.0 Å². The molecule has 0 aliphatic heterocycles. The van der Waals surface area contributed by atoms with Crippen LogP contribution in [0, 0.1) is 19.2 Å². The van der Waals surface area contributed by atoms with Crippen molar-refractivity contribution in [1.82, 2.24) is 0 Å². The van der Waals surface area contributed by atoms with Crippen molar-refractivity contribution < 1.29 is 19.7 Å². The van der Waals surface area contributed by atoms with Crippen molar-refractivity contribution in [2.45, 2.75) is 25.7 Å². The fourth-order valence-electron chi connectivity index (χ4n) is 1.95. The molecular formula is C18H24N3O3S+. The smallest absolute Gasteiger partial charge is 0.404 e. The molecule has 1 amide bonds. The minimum atomic E-state index is -0.711. The monoisotopic (exact) mass is 362 g/mol. The van der Waals surface area contributed by atoms with Crippen molar-refractivity contribution in [3.8, 4) is 16.9 Å². The maximum atomic E-state index is 9.60. The van der Waals surface area contributed by atoms with E-state index in [0.29, 0.717) is 6.61 Å². The van der Waals surface area contributed by atoms with Gasteiger partial charge in [-0.15, -0.1) is 12.6 Å². The van der Waals surface area contributed by atoms with Crippen LogP contribution in [0.5, 0.6) is 5.75 Å². The molecule has 0 heterocycles. The Labute approximate surface area is 153 Å². The standard InChI is InChI=1S/C15H16OS.C3H7NO2.N2/c1-10-4-6-12(7-5-10)13-8-11(2)15(17)9-14(13)16-3;1-2-6-3(4)5;1-2/h4-9,17H,1-3H3;2H2,1H3,(H2,4,5);/p+1. The summed E-state index contributed by atoms with van der Waals surface area (Å²) >= 11 is 4.42. The zero-order valence-electron chi connectivity index (χ0n) is 14.9. The highest BCUT2D eigenvalue weighted by molar-refractivity contribution is 7.80. The lowest BCUT2D eigenvalue weighted by atomic mass is 10.0. The van der Waals surface area contributed by atoms with Crippen LogP contribution in [-0.4, -0.2) is 19.8 Å². The van der Waals surface area contributed by atoms with Crippen molar-refractivity contribution in [3.63, 3.8) is 0 Å². The maximum absolute atomic E-state index is 9.60. The fourth-order valence-corrected chi connectivity index (χ4v) is 2.13. The molecule has 0 spiro atoms. The number of hydrogen-bond donors (Lipinski definition) is 3. The second-order valence-corrected chi connectivity index (χ2v) is 5.44. The van der Waals surface area contributed by atoms with E-state index in [1.165, 1.54) is 11.1 Å². The number of methoxy groups -OCH3 is 1. The number of carbonyl (C=O) groups excluding carboxylic acids is 1. The number of primary amides is 1. The van der Waals surface area contributed by atoms with Crippen molar-refractivity contribution in [2.75, 3.05) is 13.7 Å². The number of hydrogen-bond acceptors (Lipinski definition) is 5. The number of ether oxygens (including phenoxy) is 2. The summed E-state index contributed by atoms with van der Waals surface area (Å²) < 4.78 is 9.60. The van der Waals surface area contributed by atoms with E-state index < -0.39 is 6.09 Å². The first kappa shape index (κ1) is 22.3. The molecule has 0 aromatic heterocycles. The van der Waals surface area contributed by atoms with Crippen LogP contribution in [-0.2, 0) is 4.74 Å². The lowest BCUT2D eigenvalue weighted by molar-refractivity contribution is -0.175. The molecule has 25 heavy (non-hydrogen) atoms.